The van der Waals surface area contributed by atoms with E-state index in [-0.39, 0.29) is 18.3 Å². The summed E-state index contributed by atoms with van der Waals surface area (Å²) in [6.45, 7) is 6.29. The second kappa shape index (κ2) is 7.89. The lowest BCUT2D eigenvalue weighted by molar-refractivity contribution is -0.145. The van der Waals surface area contributed by atoms with Crippen molar-refractivity contribution in [3.8, 4) is 21.9 Å². The number of ether oxygens (including phenoxy) is 2. The van der Waals surface area contributed by atoms with Gasteiger partial charge in [0.05, 0.1) is 13.2 Å². The Balaban J connectivity index is 1.81. The van der Waals surface area contributed by atoms with Gasteiger partial charge in [-0.15, -0.1) is 11.3 Å². The van der Waals surface area contributed by atoms with E-state index in [1.165, 1.54) is 4.88 Å². The summed E-state index contributed by atoms with van der Waals surface area (Å²) in [6.07, 6.45) is 0.815. The largest absolute Gasteiger partial charge is 0.504 e. The van der Waals surface area contributed by atoms with E-state index < -0.39 is 0 Å². The Morgan fingerprint density at radius 1 is 1.40 bits per heavy atom. The van der Waals surface area contributed by atoms with Crippen LogP contribution in [0.15, 0.2) is 24.3 Å². The maximum absolute atomic E-state index is 11.9. The van der Waals surface area contributed by atoms with Crippen LogP contribution in [0.3, 0.4) is 0 Å². The zero-order valence-corrected chi connectivity index (χ0v) is 15.4. The first kappa shape index (κ1) is 17.8. The molecule has 1 aliphatic heterocycles. The highest BCUT2D eigenvalue weighted by Gasteiger charge is 2.22. The van der Waals surface area contributed by atoms with Crippen LogP contribution in [0.25, 0.3) is 10.4 Å². The van der Waals surface area contributed by atoms with Crippen molar-refractivity contribution < 1.29 is 19.4 Å². The number of rotatable bonds is 5. The third-order valence-corrected chi connectivity index (χ3v) is 5.09. The van der Waals surface area contributed by atoms with Gasteiger partial charge in [0, 0.05) is 28.4 Å². The van der Waals surface area contributed by atoms with E-state index in [0.717, 1.165) is 22.4 Å². The van der Waals surface area contributed by atoms with Gasteiger partial charge >= 0.3 is 5.97 Å². The van der Waals surface area contributed by atoms with Crippen molar-refractivity contribution in [2.24, 2.45) is 0 Å². The maximum atomic E-state index is 11.9. The molecule has 1 N–H and O–H groups in total. The van der Waals surface area contributed by atoms with Crippen molar-refractivity contribution in [1.29, 1.82) is 0 Å². The van der Waals surface area contributed by atoms with Gasteiger partial charge in [0.15, 0.2) is 11.5 Å². The lowest BCUT2D eigenvalue weighted by Crippen LogP contribution is -2.32. The summed E-state index contributed by atoms with van der Waals surface area (Å²) in [6, 6.07) is 7.90. The number of nitrogens with zero attached hydrogens (tertiary/aromatic N) is 1. The summed E-state index contributed by atoms with van der Waals surface area (Å²) < 4.78 is 10.9. The number of phenolic OH excluding ortho intramolecular Hbond substituents is 1. The monoisotopic (exact) mass is 361 g/mol. The van der Waals surface area contributed by atoms with E-state index >= 15 is 0 Å². The lowest BCUT2D eigenvalue weighted by Gasteiger charge is -2.18. The standard InChI is InChI=1S/C19H23NO4S/c1-3-7-23-18(22)12-20-6-8-24-19-15(11-20)9-14(10-16(19)21)17-5-4-13(2)25-17/h4-5,9-10,21H,3,6-8,11-12H2,1-2H3. The zero-order valence-electron chi connectivity index (χ0n) is 14.6. The summed E-state index contributed by atoms with van der Waals surface area (Å²) in [4.78, 5) is 16.2. The summed E-state index contributed by atoms with van der Waals surface area (Å²) in [5.74, 6) is 0.440. The van der Waals surface area contributed by atoms with Crippen LogP contribution in [-0.4, -0.2) is 42.3 Å². The Labute approximate surface area is 151 Å². The molecular weight excluding hydrogens is 338 g/mol. The number of aryl methyl sites for hydroxylation is 1. The number of hydrogen-bond donors (Lipinski definition) is 1. The summed E-state index contributed by atoms with van der Waals surface area (Å²) in [5, 5.41) is 10.4. The van der Waals surface area contributed by atoms with Gasteiger partial charge in [-0.05, 0) is 43.2 Å². The minimum absolute atomic E-state index is 0.147. The maximum Gasteiger partial charge on any atom is 0.320 e. The van der Waals surface area contributed by atoms with Gasteiger partial charge in [0.25, 0.3) is 0 Å². The van der Waals surface area contributed by atoms with Crippen LogP contribution in [0, 0.1) is 6.92 Å². The Hall–Kier alpha value is -2.05. The zero-order chi connectivity index (χ0) is 17.8. The Morgan fingerprint density at radius 3 is 2.96 bits per heavy atom. The number of phenols is 1. The summed E-state index contributed by atoms with van der Waals surface area (Å²) in [5.41, 5.74) is 1.86. The number of carbonyl (C=O) groups is 1. The summed E-state index contributed by atoms with van der Waals surface area (Å²) in [7, 11) is 0. The first-order valence-corrected chi connectivity index (χ1v) is 9.32. The van der Waals surface area contributed by atoms with Gasteiger partial charge in [0.2, 0.25) is 0 Å². The number of aromatic hydroxyl groups is 1. The molecule has 2 heterocycles. The van der Waals surface area contributed by atoms with E-state index in [4.69, 9.17) is 9.47 Å². The molecular formula is C19H23NO4S. The second-order valence-corrected chi connectivity index (χ2v) is 7.46. The highest BCUT2D eigenvalue weighted by atomic mass is 32.1. The van der Waals surface area contributed by atoms with E-state index in [1.807, 2.05) is 17.9 Å². The molecule has 3 rings (SSSR count). The van der Waals surface area contributed by atoms with E-state index in [1.54, 1.807) is 17.4 Å². The fourth-order valence-electron chi connectivity index (χ4n) is 2.86. The first-order chi connectivity index (χ1) is 12.1. The second-order valence-electron chi connectivity index (χ2n) is 6.17. The van der Waals surface area contributed by atoms with Crippen molar-refractivity contribution in [3.63, 3.8) is 0 Å². The molecule has 1 aliphatic rings. The van der Waals surface area contributed by atoms with Gasteiger partial charge < -0.3 is 14.6 Å². The van der Waals surface area contributed by atoms with E-state index in [2.05, 4.69) is 19.1 Å². The number of carbonyl (C=O) groups excluding carboxylic acids is 1. The summed E-state index contributed by atoms with van der Waals surface area (Å²) >= 11 is 1.69. The molecule has 6 heteroatoms. The third kappa shape index (κ3) is 4.32. The average molecular weight is 361 g/mol. The Morgan fingerprint density at radius 2 is 2.24 bits per heavy atom. The molecule has 0 fully saturated rings. The van der Waals surface area contributed by atoms with E-state index in [0.29, 0.717) is 32.1 Å². The van der Waals surface area contributed by atoms with Crippen LogP contribution in [-0.2, 0) is 16.1 Å². The van der Waals surface area contributed by atoms with E-state index in [9.17, 15) is 9.90 Å². The highest BCUT2D eigenvalue weighted by Crippen LogP contribution is 2.39. The predicted molar refractivity (Wildman–Crippen MR) is 98.2 cm³/mol. The number of thiophene rings is 1. The van der Waals surface area contributed by atoms with Gasteiger partial charge in [-0.2, -0.15) is 0 Å². The molecule has 134 valence electrons. The van der Waals surface area contributed by atoms with Gasteiger partial charge in [-0.25, -0.2) is 0 Å². The third-order valence-electron chi connectivity index (χ3n) is 4.04. The molecule has 0 spiro atoms. The molecule has 1 aromatic carbocycles. The minimum Gasteiger partial charge on any atom is -0.504 e. The molecule has 0 unspecified atom stereocenters. The number of hydrogen-bond acceptors (Lipinski definition) is 6. The molecule has 0 atom stereocenters. The molecule has 1 aromatic heterocycles. The van der Waals surface area contributed by atoms with Crippen molar-refractivity contribution in [2.45, 2.75) is 26.8 Å². The topological polar surface area (TPSA) is 59.0 Å². The van der Waals surface area contributed by atoms with Crippen LogP contribution in [0.1, 0.15) is 23.8 Å². The van der Waals surface area contributed by atoms with Crippen LogP contribution in [0.4, 0.5) is 0 Å². The molecule has 25 heavy (non-hydrogen) atoms. The smallest absolute Gasteiger partial charge is 0.320 e. The van der Waals surface area contributed by atoms with Crippen LogP contribution in [0.2, 0.25) is 0 Å². The molecule has 0 saturated heterocycles. The van der Waals surface area contributed by atoms with Crippen molar-refractivity contribution >= 4 is 17.3 Å². The van der Waals surface area contributed by atoms with Crippen LogP contribution in [0.5, 0.6) is 11.5 Å². The Kier molecular flexibility index (Phi) is 5.60. The molecule has 2 aromatic rings. The van der Waals surface area contributed by atoms with Crippen molar-refractivity contribution in [3.05, 3.63) is 34.7 Å². The highest BCUT2D eigenvalue weighted by molar-refractivity contribution is 7.15. The quantitative estimate of drug-likeness (QED) is 0.825. The van der Waals surface area contributed by atoms with Gasteiger partial charge in [0.1, 0.15) is 6.61 Å². The Bertz CT molecular complexity index is 756. The normalized spacial score (nSPS) is 14.5. The minimum atomic E-state index is -0.223. The van der Waals surface area contributed by atoms with Crippen LogP contribution < -0.4 is 4.74 Å². The first-order valence-electron chi connectivity index (χ1n) is 8.50. The predicted octanol–water partition coefficient (Wildman–Crippen LogP) is 3.58. The molecule has 0 radical (unpaired) electrons. The lowest BCUT2D eigenvalue weighted by atomic mass is 10.1. The molecule has 0 saturated carbocycles. The molecule has 5 nitrogen and oxygen atoms in total. The van der Waals surface area contributed by atoms with Gasteiger partial charge in [-0.1, -0.05) is 6.92 Å². The van der Waals surface area contributed by atoms with Crippen LogP contribution >= 0.6 is 11.3 Å². The van der Waals surface area contributed by atoms with Crippen molar-refractivity contribution in [1.82, 2.24) is 4.90 Å². The number of esters is 1. The number of benzene rings is 1. The fourth-order valence-corrected chi connectivity index (χ4v) is 3.72. The fraction of sp³-hybridized carbons (Fsp3) is 0.421. The molecule has 0 bridgehead atoms. The number of fused-ring (bicyclic) bond motifs is 1. The molecule has 0 amide bonds. The average Bonchev–Trinajstić information content (AvgIpc) is 2.90. The molecule has 0 aliphatic carbocycles. The van der Waals surface area contributed by atoms with Gasteiger partial charge in [-0.3, -0.25) is 9.69 Å². The SMILES string of the molecule is CCCOC(=O)CN1CCOc2c(O)cc(-c3ccc(C)s3)cc2C1. The van der Waals surface area contributed by atoms with Crippen molar-refractivity contribution in [2.75, 3.05) is 26.3 Å².